The molecule has 18 heavy (non-hydrogen) atoms. The molecular weight excluding hydrogens is 312 g/mol. The zero-order valence-electron chi connectivity index (χ0n) is 10.0. The van der Waals surface area contributed by atoms with Crippen LogP contribution in [0.5, 0.6) is 0 Å². The molecule has 1 unspecified atom stereocenters. The summed E-state index contributed by atoms with van der Waals surface area (Å²) in [6.45, 7) is 2.04. The topological polar surface area (TPSA) is 20.2 Å². The second kappa shape index (κ2) is 5.87. The number of rotatable bonds is 3. The molecule has 0 aliphatic rings. The fourth-order valence-electron chi connectivity index (χ4n) is 1.94. The van der Waals surface area contributed by atoms with E-state index in [-0.39, 0.29) is 0 Å². The molecule has 94 valence electrons. The summed E-state index contributed by atoms with van der Waals surface area (Å²) in [6, 6.07) is 13.7. The lowest BCUT2D eigenvalue weighted by atomic mass is 10.0. The zero-order valence-corrected chi connectivity index (χ0v) is 12.4. The van der Waals surface area contributed by atoms with Crippen molar-refractivity contribution in [2.75, 3.05) is 0 Å². The molecule has 0 radical (unpaired) electrons. The number of benzene rings is 2. The van der Waals surface area contributed by atoms with Crippen LogP contribution in [0.2, 0.25) is 5.02 Å². The molecule has 0 heterocycles. The minimum atomic E-state index is -0.576. The van der Waals surface area contributed by atoms with Crippen molar-refractivity contribution in [2.45, 2.75) is 19.4 Å². The van der Waals surface area contributed by atoms with Gasteiger partial charge in [-0.1, -0.05) is 63.4 Å². The number of aliphatic hydroxyl groups excluding tert-OH is 1. The van der Waals surface area contributed by atoms with Gasteiger partial charge in [0.25, 0.3) is 0 Å². The number of aryl methyl sites for hydroxylation is 1. The van der Waals surface area contributed by atoms with E-state index >= 15 is 0 Å². The Bertz CT molecular complexity index is 554. The van der Waals surface area contributed by atoms with Gasteiger partial charge in [0.05, 0.1) is 6.10 Å². The van der Waals surface area contributed by atoms with Crippen molar-refractivity contribution in [3.8, 4) is 0 Å². The van der Waals surface area contributed by atoms with Crippen LogP contribution in [0, 0.1) is 6.92 Å². The lowest BCUT2D eigenvalue weighted by molar-refractivity contribution is 0.178. The average molecular weight is 326 g/mol. The number of aliphatic hydroxyl groups is 1. The third kappa shape index (κ3) is 3.35. The van der Waals surface area contributed by atoms with Gasteiger partial charge >= 0.3 is 0 Å². The Hall–Kier alpha value is -0.830. The van der Waals surface area contributed by atoms with E-state index < -0.39 is 6.10 Å². The molecule has 0 aliphatic carbocycles. The summed E-state index contributed by atoms with van der Waals surface area (Å²) in [7, 11) is 0. The molecule has 2 rings (SSSR count). The maximum Gasteiger partial charge on any atom is 0.0844 e. The van der Waals surface area contributed by atoms with E-state index in [1.807, 2.05) is 37.3 Å². The molecule has 0 saturated carbocycles. The Morgan fingerprint density at radius 3 is 2.67 bits per heavy atom. The van der Waals surface area contributed by atoms with Crippen LogP contribution in [0.4, 0.5) is 0 Å². The van der Waals surface area contributed by atoms with Crippen molar-refractivity contribution in [2.24, 2.45) is 0 Å². The Kier molecular flexibility index (Phi) is 4.44. The van der Waals surface area contributed by atoms with Crippen LogP contribution < -0.4 is 0 Å². The van der Waals surface area contributed by atoms with E-state index in [1.165, 1.54) is 5.56 Å². The molecule has 1 nitrogen and oxygen atoms in total. The number of hydrogen-bond donors (Lipinski definition) is 1. The van der Waals surface area contributed by atoms with Crippen LogP contribution in [-0.2, 0) is 6.42 Å². The first-order valence-electron chi connectivity index (χ1n) is 5.75. The summed E-state index contributed by atoms with van der Waals surface area (Å²) >= 11 is 9.49. The lowest BCUT2D eigenvalue weighted by Crippen LogP contribution is -2.02. The predicted molar refractivity (Wildman–Crippen MR) is 79.0 cm³/mol. The first-order chi connectivity index (χ1) is 8.56. The van der Waals surface area contributed by atoms with Crippen LogP contribution in [0.1, 0.15) is 22.8 Å². The molecule has 0 fully saturated rings. The van der Waals surface area contributed by atoms with Gasteiger partial charge in [0, 0.05) is 15.9 Å². The summed E-state index contributed by atoms with van der Waals surface area (Å²) in [5.74, 6) is 0. The van der Waals surface area contributed by atoms with Crippen molar-refractivity contribution in [3.05, 3.63) is 68.7 Å². The molecule has 2 aromatic rings. The van der Waals surface area contributed by atoms with Gasteiger partial charge in [-0.05, 0) is 30.2 Å². The molecule has 0 spiro atoms. The maximum atomic E-state index is 10.2. The summed E-state index contributed by atoms with van der Waals surface area (Å²) in [5.41, 5.74) is 3.07. The highest BCUT2D eigenvalue weighted by molar-refractivity contribution is 9.10. The molecular formula is C15H14BrClO. The van der Waals surface area contributed by atoms with Crippen molar-refractivity contribution in [3.63, 3.8) is 0 Å². The Labute approximate surface area is 121 Å². The average Bonchev–Trinajstić information content (AvgIpc) is 2.28. The fraction of sp³-hybridized carbons (Fsp3) is 0.200. The van der Waals surface area contributed by atoms with E-state index in [0.29, 0.717) is 11.4 Å². The monoisotopic (exact) mass is 324 g/mol. The lowest BCUT2D eigenvalue weighted by Gasteiger charge is -2.13. The van der Waals surface area contributed by atoms with Crippen LogP contribution in [0.3, 0.4) is 0 Å². The summed E-state index contributed by atoms with van der Waals surface area (Å²) in [5, 5.41) is 10.8. The molecule has 2 aromatic carbocycles. The van der Waals surface area contributed by atoms with Crippen LogP contribution in [0.25, 0.3) is 0 Å². The standard InChI is InChI=1S/C15H14BrClO/c1-10-3-2-4-11(7-10)8-15(18)13-6-5-12(16)9-14(13)17/h2-7,9,15,18H,8H2,1H3. The highest BCUT2D eigenvalue weighted by atomic mass is 79.9. The van der Waals surface area contributed by atoms with E-state index in [1.54, 1.807) is 6.07 Å². The van der Waals surface area contributed by atoms with Crippen LogP contribution in [0.15, 0.2) is 46.9 Å². The minimum absolute atomic E-state index is 0.572. The van der Waals surface area contributed by atoms with E-state index in [2.05, 4.69) is 22.0 Å². The molecule has 0 amide bonds. The van der Waals surface area contributed by atoms with Gasteiger partial charge in [0.2, 0.25) is 0 Å². The second-order valence-corrected chi connectivity index (χ2v) is 5.70. The quantitative estimate of drug-likeness (QED) is 0.868. The maximum absolute atomic E-state index is 10.2. The van der Waals surface area contributed by atoms with Crippen molar-refractivity contribution >= 4 is 27.5 Å². The number of halogens is 2. The van der Waals surface area contributed by atoms with Gasteiger partial charge < -0.3 is 5.11 Å². The first-order valence-corrected chi connectivity index (χ1v) is 6.92. The van der Waals surface area contributed by atoms with Gasteiger partial charge in [-0.25, -0.2) is 0 Å². The largest absolute Gasteiger partial charge is 0.388 e. The highest BCUT2D eigenvalue weighted by Crippen LogP contribution is 2.28. The van der Waals surface area contributed by atoms with Crippen molar-refractivity contribution < 1.29 is 5.11 Å². The molecule has 0 bridgehead atoms. The third-order valence-corrected chi connectivity index (χ3v) is 3.65. The van der Waals surface area contributed by atoms with Gasteiger partial charge in [-0.15, -0.1) is 0 Å². The number of hydrogen-bond acceptors (Lipinski definition) is 1. The Morgan fingerprint density at radius 1 is 1.22 bits per heavy atom. The molecule has 0 aromatic heterocycles. The van der Waals surface area contributed by atoms with E-state index in [4.69, 9.17) is 11.6 Å². The first kappa shape index (κ1) is 13.6. The summed E-state index contributed by atoms with van der Waals surface area (Å²) in [6.07, 6.45) is -0.00403. The van der Waals surface area contributed by atoms with Gasteiger partial charge in [-0.3, -0.25) is 0 Å². The van der Waals surface area contributed by atoms with Crippen LogP contribution >= 0.6 is 27.5 Å². The SMILES string of the molecule is Cc1cccc(CC(O)c2ccc(Br)cc2Cl)c1. The van der Waals surface area contributed by atoms with Gasteiger partial charge in [0.1, 0.15) is 0 Å². The Balaban J connectivity index is 2.19. The molecule has 3 heteroatoms. The van der Waals surface area contributed by atoms with Crippen molar-refractivity contribution in [1.29, 1.82) is 0 Å². The molecule has 1 atom stereocenters. The predicted octanol–water partition coefficient (Wildman–Crippen LogP) is 4.69. The summed E-state index contributed by atoms with van der Waals surface area (Å²) < 4.78 is 0.916. The van der Waals surface area contributed by atoms with Gasteiger partial charge in [-0.2, -0.15) is 0 Å². The second-order valence-electron chi connectivity index (χ2n) is 4.37. The minimum Gasteiger partial charge on any atom is -0.388 e. The molecule has 0 aliphatic heterocycles. The van der Waals surface area contributed by atoms with Crippen LogP contribution in [-0.4, -0.2) is 5.11 Å². The summed E-state index contributed by atoms with van der Waals surface area (Å²) in [4.78, 5) is 0. The van der Waals surface area contributed by atoms with E-state index in [0.717, 1.165) is 15.6 Å². The highest BCUT2D eigenvalue weighted by Gasteiger charge is 2.12. The third-order valence-electron chi connectivity index (χ3n) is 2.83. The Morgan fingerprint density at radius 2 is 2.00 bits per heavy atom. The molecule has 1 N–H and O–H groups in total. The molecule has 0 saturated heterocycles. The zero-order chi connectivity index (χ0) is 13.1. The fourth-order valence-corrected chi connectivity index (χ4v) is 2.74. The van der Waals surface area contributed by atoms with Gasteiger partial charge in [0.15, 0.2) is 0 Å². The van der Waals surface area contributed by atoms with Crippen molar-refractivity contribution in [1.82, 2.24) is 0 Å². The normalized spacial score (nSPS) is 12.4. The van der Waals surface area contributed by atoms with E-state index in [9.17, 15) is 5.11 Å². The smallest absolute Gasteiger partial charge is 0.0844 e.